The number of hydrogen-bond donors (Lipinski definition) is 1. The van der Waals surface area contributed by atoms with Gasteiger partial charge in [-0.25, -0.2) is 4.39 Å². The first-order chi connectivity index (χ1) is 12.9. The van der Waals surface area contributed by atoms with Crippen molar-refractivity contribution in [1.82, 2.24) is 0 Å². The summed E-state index contributed by atoms with van der Waals surface area (Å²) in [5.41, 5.74) is 1.75. The molecule has 0 aliphatic heterocycles. The minimum absolute atomic E-state index is 0.0529. The molecule has 0 amide bonds. The van der Waals surface area contributed by atoms with Crippen LogP contribution in [0.1, 0.15) is 22.8 Å². The number of halogens is 1. The van der Waals surface area contributed by atoms with E-state index in [0.29, 0.717) is 27.0 Å². The van der Waals surface area contributed by atoms with Gasteiger partial charge in [0.15, 0.2) is 0 Å². The molecule has 3 aromatic carbocycles. The number of carbonyl (C=O) groups is 1. The molecule has 0 saturated heterocycles. The Morgan fingerprint density at radius 2 is 1.85 bits per heavy atom. The summed E-state index contributed by atoms with van der Waals surface area (Å²) in [6.45, 7) is 0. The highest BCUT2D eigenvalue weighted by molar-refractivity contribution is 7.84. The van der Waals surface area contributed by atoms with Crippen molar-refractivity contribution in [2.75, 3.05) is 13.4 Å². The summed E-state index contributed by atoms with van der Waals surface area (Å²) >= 11 is 0. The Kier molecular flexibility index (Phi) is 5.68. The van der Waals surface area contributed by atoms with Gasteiger partial charge >= 0.3 is 5.97 Å². The van der Waals surface area contributed by atoms with Crippen LogP contribution in [0.15, 0.2) is 59.5 Å². The Morgan fingerprint density at radius 3 is 2.48 bits per heavy atom. The molecule has 0 aromatic heterocycles. The van der Waals surface area contributed by atoms with E-state index >= 15 is 0 Å². The van der Waals surface area contributed by atoms with Crippen LogP contribution in [0.3, 0.4) is 0 Å². The summed E-state index contributed by atoms with van der Waals surface area (Å²) in [4.78, 5) is 12.3. The first-order valence-corrected chi connectivity index (χ1v) is 9.85. The van der Waals surface area contributed by atoms with E-state index in [2.05, 4.69) is 0 Å². The van der Waals surface area contributed by atoms with Crippen LogP contribution >= 0.6 is 0 Å². The van der Waals surface area contributed by atoms with Crippen molar-refractivity contribution in [2.45, 2.75) is 17.4 Å². The van der Waals surface area contributed by atoms with Crippen LogP contribution in [0.5, 0.6) is 0 Å². The lowest BCUT2D eigenvalue weighted by Crippen LogP contribution is -2.07. The number of carbonyl (C=O) groups excluding carboxylic acids is 1. The molecule has 2 unspecified atom stereocenters. The Balaban J connectivity index is 2.10. The fourth-order valence-electron chi connectivity index (χ4n) is 3.01. The van der Waals surface area contributed by atoms with Crippen LogP contribution in [0.2, 0.25) is 0 Å². The van der Waals surface area contributed by atoms with E-state index in [1.54, 1.807) is 48.7 Å². The average Bonchev–Trinajstić information content (AvgIpc) is 2.67. The molecule has 0 saturated carbocycles. The van der Waals surface area contributed by atoms with E-state index in [9.17, 15) is 18.5 Å². The van der Waals surface area contributed by atoms with E-state index in [-0.39, 0.29) is 6.42 Å². The number of methoxy groups -OCH3 is 1. The van der Waals surface area contributed by atoms with Crippen LogP contribution < -0.4 is 0 Å². The largest absolute Gasteiger partial charge is 0.469 e. The maximum absolute atomic E-state index is 13.8. The highest BCUT2D eigenvalue weighted by Crippen LogP contribution is 2.31. The van der Waals surface area contributed by atoms with Gasteiger partial charge in [-0.2, -0.15) is 0 Å². The summed E-state index contributed by atoms with van der Waals surface area (Å²) in [7, 11) is 0.199. The smallest absolute Gasteiger partial charge is 0.309 e. The molecule has 4 nitrogen and oxygen atoms in total. The minimum Gasteiger partial charge on any atom is -0.469 e. The van der Waals surface area contributed by atoms with E-state index in [1.807, 2.05) is 0 Å². The summed E-state index contributed by atoms with van der Waals surface area (Å²) in [5, 5.41) is 12.2. The number of rotatable bonds is 5. The second kappa shape index (κ2) is 7.98. The molecule has 0 radical (unpaired) electrons. The average molecular weight is 386 g/mol. The molecule has 0 spiro atoms. The van der Waals surface area contributed by atoms with Gasteiger partial charge in [-0.3, -0.25) is 9.00 Å². The van der Waals surface area contributed by atoms with Crippen LogP contribution in [0.4, 0.5) is 4.39 Å². The zero-order valence-electron chi connectivity index (χ0n) is 14.9. The van der Waals surface area contributed by atoms with Gasteiger partial charge in [0.25, 0.3) is 0 Å². The lowest BCUT2D eigenvalue weighted by molar-refractivity contribution is -0.139. The predicted molar refractivity (Wildman–Crippen MR) is 102 cm³/mol. The zero-order chi connectivity index (χ0) is 19.6. The predicted octanol–water partition coefficient (Wildman–Crippen LogP) is 3.51. The molecule has 3 aromatic rings. The van der Waals surface area contributed by atoms with Gasteiger partial charge in [0.1, 0.15) is 11.9 Å². The topological polar surface area (TPSA) is 63.6 Å². The van der Waals surface area contributed by atoms with Crippen LogP contribution in [0.25, 0.3) is 10.8 Å². The molecule has 0 fully saturated rings. The van der Waals surface area contributed by atoms with Crippen molar-refractivity contribution in [1.29, 1.82) is 0 Å². The Labute approximate surface area is 159 Å². The van der Waals surface area contributed by atoms with Crippen LogP contribution in [-0.2, 0) is 26.8 Å². The highest BCUT2D eigenvalue weighted by atomic mass is 32.2. The maximum atomic E-state index is 13.8. The van der Waals surface area contributed by atoms with Crippen LogP contribution in [-0.4, -0.2) is 28.7 Å². The van der Waals surface area contributed by atoms with E-state index in [4.69, 9.17) is 4.74 Å². The molecule has 1 N–H and O–H groups in total. The van der Waals surface area contributed by atoms with Crippen molar-refractivity contribution >= 4 is 27.5 Å². The molecule has 0 heterocycles. The molecule has 0 bridgehead atoms. The quantitative estimate of drug-likeness (QED) is 0.682. The van der Waals surface area contributed by atoms with Gasteiger partial charge in [0, 0.05) is 22.0 Å². The second-order valence-electron chi connectivity index (χ2n) is 6.23. The van der Waals surface area contributed by atoms with Crippen molar-refractivity contribution in [3.05, 3.63) is 77.1 Å². The van der Waals surface area contributed by atoms with Crippen molar-refractivity contribution in [3.8, 4) is 0 Å². The highest BCUT2D eigenvalue weighted by Gasteiger charge is 2.17. The van der Waals surface area contributed by atoms with E-state index < -0.39 is 28.7 Å². The molecule has 0 aliphatic carbocycles. The number of benzene rings is 3. The van der Waals surface area contributed by atoms with Gasteiger partial charge in [-0.05, 0) is 51.7 Å². The van der Waals surface area contributed by atoms with Crippen molar-refractivity contribution in [2.24, 2.45) is 0 Å². The fraction of sp³-hybridized carbons (Fsp3) is 0.190. The zero-order valence-corrected chi connectivity index (χ0v) is 15.8. The summed E-state index contributed by atoms with van der Waals surface area (Å²) in [5.74, 6) is -0.805. The Hall–Kier alpha value is -2.57. The SMILES string of the molecule is COC(=O)Cc1cc(C(O)c2ccc(S(C)=O)cc2)c2cc(F)ccc2c1. The van der Waals surface area contributed by atoms with Gasteiger partial charge in [0.05, 0.1) is 13.5 Å². The molecular formula is C21H19FO4S. The van der Waals surface area contributed by atoms with Gasteiger partial charge in [0.2, 0.25) is 0 Å². The Bertz CT molecular complexity index is 1010. The number of fused-ring (bicyclic) bond motifs is 1. The van der Waals surface area contributed by atoms with Gasteiger partial charge < -0.3 is 9.84 Å². The molecule has 27 heavy (non-hydrogen) atoms. The van der Waals surface area contributed by atoms with E-state index in [0.717, 1.165) is 5.39 Å². The number of ether oxygens (including phenoxy) is 1. The molecule has 140 valence electrons. The monoisotopic (exact) mass is 386 g/mol. The maximum Gasteiger partial charge on any atom is 0.309 e. The molecule has 2 atom stereocenters. The van der Waals surface area contributed by atoms with E-state index in [1.165, 1.54) is 19.2 Å². The molecule has 0 aliphatic rings. The Morgan fingerprint density at radius 1 is 1.15 bits per heavy atom. The summed E-state index contributed by atoms with van der Waals surface area (Å²) in [6.07, 6.45) is 0.612. The normalized spacial score (nSPS) is 13.3. The van der Waals surface area contributed by atoms with Gasteiger partial charge in [-0.1, -0.05) is 30.3 Å². The lowest BCUT2D eigenvalue weighted by Gasteiger charge is -2.17. The van der Waals surface area contributed by atoms with Crippen LogP contribution in [0, 0.1) is 5.82 Å². The third-order valence-corrected chi connectivity index (χ3v) is 5.34. The molecule has 3 rings (SSSR count). The number of hydrogen-bond acceptors (Lipinski definition) is 4. The number of aliphatic hydroxyl groups is 1. The lowest BCUT2D eigenvalue weighted by atomic mass is 9.93. The van der Waals surface area contributed by atoms with Crippen molar-refractivity contribution in [3.63, 3.8) is 0 Å². The second-order valence-corrected chi connectivity index (χ2v) is 7.61. The first kappa shape index (κ1) is 19.2. The fourth-order valence-corrected chi connectivity index (χ4v) is 3.53. The molecule has 6 heteroatoms. The number of aliphatic hydroxyl groups excluding tert-OH is 1. The standard InChI is InChI=1S/C21H19FO4S/c1-26-20(23)11-13-9-15-3-6-16(22)12-18(15)19(10-13)21(24)14-4-7-17(8-5-14)27(2)25/h3-10,12,21,24H,11H2,1-2H3. The summed E-state index contributed by atoms with van der Waals surface area (Å²) < 4.78 is 30.1. The van der Waals surface area contributed by atoms with Crippen molar-refractivity contribution < 1.29 is 23.2 Å². The summed E-state index contributed by atoms with van der Waals surface area (Å²) in [6, 6.07) is 14.6. The first-order valence-electron chi connectivity index (χ1n) is 8.29. The minimum atomic E-state index is -1.11. The molecular weight excluding hydrogens is 367 g/mol. The number of esters is 1. The third kappa shape index (κ3) is 4.23. The third-order valence-electron chi connectivity index (χ3n) is 4.41. The van der Waals surface area contributed by atoms with Gasteiger partial charge in [-0.15, -0.1) is 0 Å².